The molecule has 3 N–H and O–H groups in total. The van der Waals surface area contributed by atoms with Crippen LogP contribution in [-0.4, -0.2) is 10.8 Å². The van der Waals surface area contributed by atoms with Gasteiger partial charge >= 0.3 is 0 Å². The highest BCUT2D eigenvalue weighted by Crippen LogP contribution is 2.73. The van der Waals surface area contributed by atoms with Crippen molar-refractivity contribution in [2.24, 2.45) is 22.5 Å². The first-order valence-corrected chi connectivity index (χ1v) is 4.35. The monoisotopic (exact) mass is 155 g/mol. The van der Waals surface area contributed by atoms with Crippen molar-refractivity contribution in [3.05, 3.63) is 0 Å². The molecule has 3 aliphatic carbocycles. The summed E-state index contributed by atoms with van der Waals surface area (Å²) in [5.41, 5.74) is 5.17. The second-order valence-corrected chi connectivity index (χ2v) is 4.97. The van der Waals surface area contributed by atoms with Gasteiger partial charge in [-0.05, 0) is 18.3 Å². The SMILES string of the molecule is CC1(C)C2CCC1(C)C2(N)O. The minimum Gasteiger partial charge on any atom is -0.375 e. The minimum absolute atomic E-state index is 0.0370. The van der Waals surface area contributed by atoms with Crippen LogP contribution < -0.4 is 5.73 Å². The van der Waals surface area contributed by atoms with Gasteiger partial charge in [0.2, 0.25) is 0 Å². The Balaban J connectivity index is 2.43. The van der Waals surface area contributed by atoms with E-state index >= 15 is 0 Å². The van der Waals surface area contributed by atoms with Crippen LogP contribution >= 0.6 is 0 Å². The van der Waals surface area contributed by atoms with Gasteiger partial charge < -0.3 is 10.8 Å². The van der Waals surface area contributed by atoms with E-state index in [4.69, 9.17) is 5.73 Å². The molecule has 3 saturated carbocycles. The molecule has 0 aliphatic heterocycles. The van der Waals surface area contributed by atoms with Crippen molar-refractivity contribution in [2.75, 3.05) is 0 Å². The van der Waals surface area contributed by atoms with Gasteiger partial charge in [-0.15, -0.1) is 0 Å². The van der Waals surface area contributed by atoms with E-state index in [0.29, 0.717) is 5.92 Å². The molecule has 0 spiro atoms. The minimum atomic E-state index is -0.878. The number of hydrogen-bond donors (Lipinski definition) is 2. The lowest BCUT2D eigenvalue weighted by Gasteiger charge is -2.63. The first-order valence-electron chi connectivity index (χ1n) is 4.35. The van der Waals surface area contributed by atoms with Crippen molar-refractivity contribution in [3.8, 4) is 0 Å². The summed E-state index contributed by atoms with van der Waals surface area (Å²) in [7, 11) is 0. The molecule has 2 bridgehead atoms. The van der Waals surface area contributed by atoms with Crippen LogP contribution in [0.2, 0.25) is 0 Å². The molecule has 3 unspecified atom stereocenters. The van der Waals surface area contributed by atoms with Gasteiger partial charge in [-0.2, -0.15) is 0 Å². The zero-order valence-electron chi connectivity index (χ0n) is 7.52. The summed E-state index contributed by atoms with van der Waals surface area (Å²) < 4.78 is 0. The van der Waals surface area contributed by atoms with Crippen LogP contribution in [0.25, 0.3) is 0 Å². The van der Waals surface area contributed by atoms with E-state index in [2.05, 4.69) is 20.8 Å². The van der Waals surface area contributed by atoms with E-state index in [9.17, 15) is 5.11 Å². The fourth-order valence-electron chi connectivity index (χ4n) is 3.29. The molecule has 0 aromatic heterocycles. The Morgan fingerprint density at radius 2 is 1.91 bits per heavy atom. The van der Waals surface area contributed by atoms with Gasteiger partial charge in [0.15, 0.2) is 0 Å². The Labute approximate surface area is 67.8 Å². The topological polar surface area (TPSA) is 46.2 Å². The number of rotatable bonds is 0. The lowest BCUT2D eigenvalue weighted by Crippen LogP contribution is -2.73. The van der Waals surface area contributed by atoms with Crippen molar-refractivity contribution in [1.29, 1.82) is 0 Å². The van der Waals surface area contributed by atoms with Gasteiger partial charge in [-0.3, -0.25) is 0 Å². The normalized spacial score (nSPS) is 59.2. The second-order valence-electron chi connectivity index (χ2n) is 4.97. The lowest BCUT2D eigenvalue weighted by molar-refractivity contribution is -0.253. The molecule has 11 heavy (non-hydrogen) atoms. The van der Waals surface area contributed by atoms with Crippen LogP contribution in [0.3, 0.4) is 0 Å². The van der Waals surface area contributed by atoms with Gasteiger partial charge in [-0.1, -0.05) is 20.8 Å². The van der Waals surface area contributed by atoms with E-state index in [-0.39, 0.29) is 10.8 Å². The van der Waals surface area contributed by atoms with Crippen LogP contribution in [-0.2, 0) is 0 Å². The smallest absolute Gasteiger partial charge is 0.122 e. The molecule has 3 rings (SSSR count). The Kier molecular flexibility index (Phi) is 1.03. The fraction of sp³-hybridized carbons (Fsp3) is 1.00. The molecule has 0 aromatic rings. The number of hydrogen-bond acceptors (Lipinski definition) is 2. The van der Waals surface area contributed by atoms with Crippen molar-refractivity contribution in [2.45, 2.75) is 39.3 Å². The van der Waals surface area contributed by atoms with Gasteiger partial charge in [0.05, 0.1) is 0 Å². The lowest BCUT2D eigenvalue weighted by atomic mass is 9.46. The van der Waals surface area contributed by atoms with E-state index in [1.807, 2.05) is 0 Å². The van der Waals surface area contributed by atoms with Crippen LogP contribution in [0, 0.1) is 16.7 Å². The van der Waals surface area contributed by atoms with Crippen molar-refractivity contribution < 1.29 is 5.11 Å². The average Bonchev–Trinajstić information content (AvgIpc) is 2.19. The molecule has 0 heterocycles. The number of fused-ring (bicyclic) bond motifs is 1. The second kappa shape index (κ2) is 1.50. The fourth-order valence-corrected chi connectivity index (χ4v) is 3.29. The summed E-state index contributed by atoms with van der Waals surface area (Å²) in [5, 5.41) is 9.89. The predicted octanol–water partition coefficient (Wildman–Crippen LogP) is 1.09. The standard InChI is InChI=1S/C9H17NO/c1-7(2)6-4-5-8(7,3)9(6,10)11/h6,11H,4-5,10H2,1-3H3. The van der Waals surface area contributed by atoms with Crippen LogP contribution in [0.1, 0.15) is 33.6 Å². The largest absolute Gasteiger partial charge is 0.375 e. The highest BCUT2D eigenvalue weighted by atomic mass is 16.3. The van der Waals surface area contributed by atoms with Crippen molar-refractivity contribution in [3.63, 3.8) is 0 Å². The molecule has 2 nitrogen and oxygen atoms in total. The third-order valence-corrected chi connectivity index (χ3v) is 4.64. The Bertz CT molecular complexity index is 192. The maximum atomic E-state index is 9.89. The predicted molar refractivity (Wildman–Crippen MR) is 43.7 cm³/mol. The summed E-state index contributed by atoms with van der Waals surface area (Å²) in [5.74, 6) is 0.319. The Hall–Kier alpha value is -0.0800. The molecule has 2 heteroatoms. The molecule has 3 aliphatic rings. The first kappa shape index (κ1) is 7.56. The van der Waals surface area contributed by atoms with Gasteiger partial charge in [0, 0.05) is 11.3 Å². The van der Waals surface area contributed by atoms with Crippen molar-refractivity contribution >= 4 is 0 Å². The summed E-state index contributed by atoms with van der Waals surface area (Å²) in [6.07, 6.45) is 2.17. The zero-order chi connectivity index (χ0) is 8.49. The van der Waals surface area contributed by atoms with E-state index < -0.39 is 5.72 Å². The zero-order valence-corrected chi connectivity index (χ0v) is 7.52. The molecule has 0 saturated heterocycles. The van der Waals surface area contributed by atoms with Gasteiger partial charge in [-0.25, -0.2) is 0 Å². The number of nitrogens with two attached hydrogens (primary N) is 1. The Morgan fingerprint density at radius 1 is 1.36 bits per heavy atom. The van der Waals surface area contributed by atoms with E-state index in [1.165, 1.54) is 0 Å². The molecule has 3 fully saturated rings. The van der Waals surface area contributed by atoms with Gasteiger partial charge in [0.1, 0.15) is 5.72 Å². The molecular formula is C9H17NO. The Morgan fingerprint density at radius 3 is 2.00 bits per heavy atom. The quantitative estimate of drug-likeness (QED) is 0.514. The molecule has 0 amide bonds. The maximum absolute atomic E-state index is 9.89. The van der Waals surface area contributed by atoms with Crippen molar-refractivity contribution in [1.82, 2.24) is 0 Å². The number of aliphatic hydroxyl groups is 1. The van der Waals surface area contributed by atoms with E-state index in [1.54, 1.807) is 0 Å². The average molecular weight is 155 g/mol. The summed E-state index contributed by atoms with van der Waals surface area (Å²) in [6.45, 7) is 6.54. The molecule has 64 valence electrons. The molecular weight excluding hydrogens is 138 g/mol. The third-order valence-electron chi connectivity index (χ3n) is 4.64. The molecule has 0 radical (unpaired) electrons. The van der Waals surface area contributed by atoms with E-state index in [0.717, 1.165) is 12.8 Å². The molecule has 0 aromatic carbocycles. The van der Waals surface area contributed by atoms with Gasteiger partial charge in [0.25, 0.3) is 0 Å². The highest BCUT2D eigenvalue weighted by Gasteiger charge is 2.75. The highest BCUT2D eigenvalue weighted by molar-refractivity contribution is 5.23. The van der Waals surface area contributed by atoms with Crippen LogP contribution in [0.4, 0.5) is 0 Å². The maximum Gasteiger partial charge on any atom is 0.122 e. The molecule has 3 atom stereocenters. The third kappa shape index (κ3) is 0.482. The summed E-state index contributed by atoms with van der Waals surface area (Å²) in [4.78, 5) is 0. The summed E-state index contributed by atoms with van der Waals surface area (Å²) >= 11 is 0. The summed E-state index contributed by atoms with van der Waals surface area (Å²) in [6, 6.07) is 0. The van der Waals surface area contributed by atoms with Crippen LogP contribution in [0.5, 0.6) is 0 Å². The first-order chi connectivity index (χ1) is 4.84. The van der Waals surface area contributed by atoms with Crippen LogP contribution in [0.15, 0.2) is 0 Å².